The molecule has 5 heteroatoms. The first-order chi connectivity index (χ1) is 6.19. The number of nitrogens with two attached hydrogens (primary N) is 1. The van der Waals surface area contributed by atoms with E-state index in [4.69, 9.17) is 10.5 Å². The van der Waals surface area contributed by atoms with Crippen LogP contribution in [0.4, 0.5) is 0 Å². The molecule has 0 atom stereocenters. The molecule has 0 aliphatic heterocycles. The van der Waals surface area contributed by atoms with Gasteiger partial charge in [0.1, 0.15) is 0 Å². The Labute approximate surface area is 76.2 Å². The fourth-order valence-electron chi connectivity index (χ4n) is 1.06. The molecule has 0 aromatic carbocycles. The monoisotopic (exact) mass is 183 g/mol. The van der Waals surface area contributed by atoms with Gasteiger partial charge < -0.3 is 10.5 Å². The lowest BCUT2D eigenvalue weighted by Gasteiger charge is -2.07. The number of nitrogens with zero attached hydrogens (tertiary/aromatic N) is 2. The summed E-state index contributed by atoms with van der Waals surface area (Å²) in [6.07, 6.45) is 0.643. The summed E-state index contributed by atoms with van der Waals surface area (Å²) < 4.78 is 6.34. The van der Waals surface area contributed by atoms with Gasteiger partial charge in [-0.3, -0.25) is 4.57 Å². The second kappa shape index (κ2) is 4.04. The maximum Gasteiger partial charge on any atom is 0.350 e. The molecule has 1 aromatic heterocycles. The lowest BCUT2D eigenvalue weighted by atomic mass is 10.3. The topological polar surface area (TPSA) is 70.1 Å². The predicted octanol–water partition coefficient (Wildman–Crippen LogP) is -0.710. The maximum absolute atomic E-state index is 11.2. The standard InChI is InChI=1S/C8H13N3O2/c1-11-6(3-4-9)5-7(13-2)10-8(11)12/h5H,3-4,9H2,1-2H3. The van der Waals surface area contributed by atoms with Crippen molar-refractivity contribution in [2.75, 3.05) is 13.7 Å². The van der Waals surface area contributed by atoms with Crippen LogP contribution in [0, 0.1) is 0 Å². The second-order valence-corrected chi connectivity index (χ2v) is 2.67. The van der Waals surface area contributed by atoms with Gasteiger partial charge in [0.25, 0.3) is 0 Å². The van der Waals surface area contributed by atoms with Crippen LogP contribution in [0.2, 0.25) is 0 Å². The number of rotatable bonds is 3. The molecule has 72 valence electrons. The third kappa shape index (κ3) is 2.06. The van der Waals surface area contributed by atoms with E-state index in [2.05, 4.69) is 4.98 Å². The van der Waals surface area contributed by atoms with Crippen molar-refractivity contribution >= 4 is 0 Å². The van der Waals surface area contributed by atoms with Crippen molar-refractivity contribution < 1.29 is 4.74 Å². The lowest BCUT2D eigenvalue weighted by molar-refractivity contribution is 0.391. The number of aromatic nitrogens is 2. The Hall–Kier alpha value is -1.36. The SMILES string of the molecule is COc1cc(CCN)n(C)c(=O)n1. The van der Waals surface area contributed by atoms with Gasteiger partial charge >= 0.3 is 5.69 Å². The second-order valence-electron chi connectivity index (χ2n) is 2.67. The van der Waals surface area contributed by atoms with Crippen molar-refractivity contribution in [3.8, 4) is 5.88 Å². The molecule has 0 saturated heterocycles. The lowest BCUT2D eigenvalue weighted by Crippen LogP contribution is -2.24. The number of hydrogen-bond donors (Lipinski definition) is 1. The summed E-state index contributed by atoms with van der Waals surface area (Å²) in [7, 11) is 3.15. The Bertz CT molecular complexity index is 346. The van der Waals surface area contributed by atoms with Crippen molar-refractivity contribution in [2.45, 2.75) is 6.42 Å². The summed E-state index contributed by atoms with van der Waals surface area (Å²) in [5.41, 5.74) is 5.91. The summed E-state index contributed by atoms with van der Waals surface area (Å²) >= 11 is 0. The zero-order valence-electron chi connectivity index (χ0n) is 7.78. The van der Waals surface area contributed by atoms with Crippen molar-refractivity contribution in [1.82, 2.24) is 9.55 Å². The van der Waals surface area contributed by atoms with Gasteiger partial charge in [-0.1, -0.05) is 0 Å². The highest BCUT2D eigenvalue weighted by atomic mass is 16.5. The third-order valence-electron chi connectivity index (χ3n) is 1.82. The molecular formula is C8H13N3O2. The third-order valence-corrected chi connectivity index (χ3v) is 1.82. The van der Waals surface area contributed by atoms with Crippen molar-refractivity contribution in [3.63, 3.8) is 0 Å². The first-order valence-electron chi connectivity index (χ1n) is 4.00. The van der Waals surface area contributed by atoms with Gasteiger partial charge in [-0.2, -0.15) is 4.98 Å². The highest BCUT2D eigenvalue weighted by Gasteiger charge is 2.03. The van der Waals surface area contributed by atoms with E-state index >= 15 is 0 Å². The number of ether oxygens (including phenoxy) is 1. The molecule has 1 heterocycles. The largest absolute Gasteiger partial charge is 0.481 e. The minimum Gasteiger partial charge on any atom is -0.481 e. The van der Waals surface area contributed by atoms with E-state index in [0.29, 0.717) is 18.8 Å². The first-order valence-corrected chi connectivity index (χ1v) is 4.00. The van der Waals surface area contributed by atoms with Crippen LogP contribution in [-0.4, -0.2) is 23.2 Å². The van der Waals surface area contributed by atoms with Crippen LogP contribution in [0.3, 0.4) is 0 Å². The van der Waals surface area contributed by atoms with E-state index in [0.717, 1.165) is 5.69 Å². The van der Waals surface area contributed by atoms with E-state index in [9.17, 15) is 4.79 Å². The van der Waals surface area contributed by atoms with Gasteiger partial charge in [0.2, 0.25) is 5.88 Å². The number of hydrogen-bond acceptors (Lipinski definition) is 4. The molecular weight excluding hydrogens is 170 g/mol. The molecule has 0 radical (unpaired) electrons. The smallest absolute Gasteiger partial charge is 0.350 e. The number of methoxy groups -OCH3 is 1. The molecule has 1 rings (SSSR count). The van der Waals surface area contributed by atoms with Crippen LogP contribution in [0.1, 0.15) is 5.69 Å². The molecule has 0 bridgehead atoms. The summed E-state index contributed by atoms with van der Waals surface area (Å²) in [6.45, 7) is 0.500. The van der Waals surface area contributed by atoms with Gasteiger partial charge in [-0.15, -0.1) is 0 Å². The van der Waals surface area contributed by atoms with Gasteiger partial charge in [0.15, 0.2) is 0 Å². The molecule has 2 N–H and O–H groups in total. The summed E-state index contributed by atoms with van der Waals surface area (Å²) in [5, 5.41) is 0. The molecule has 0 aliphatic carbocycles. The maximum atomic E-state index is 11.2. The van der Waals surface area contributed by atoms with Gasteiger partial charge in [-0.25, -0.2) is 4.79 Å². The zero-order valence-corrected chi connectivity index (χ0v) is 7.78. The quantitative estimate of drug-likeness (QED) is 0.672. The molecule has 0 fully saturated rings. The molecule has 13 heavy (non-hydrogen) atoms. The van der Waals surface area contributed by atoms with Gasteiger partial charge in [0.05, 0.1) is 7.11 Å². The average Bonchev–Trinajstić information content (AvgIpc) is 2.13. The van der Waals surface area contributed by atoms with E-state index in [1.54, 1.807) is 13.1 Å². The fourth-order valence-corrected chi connectivity index (χ4v) is 1.06. The zero-order chi connectivity index (χ0) is 9.84. The molecule has 5 nitrogen and oxygen atoms in total. The molecule has 0 aliphatic rings. The highest BCUT2D eigenvalue weighted by Crippen LogP contribution is 2.05. The van der Waals surface area contributed by atoms with E-state index in [1.165, 1.54) is 11.7 Å². The average molecular weight is 183 g/mol. The van der Waals surface area contributed by atoms with Gasteiger partial charge in [0, 0.05) is 25.2 Å². The Morgan fingerprint density at radius 3 is 2.92 bits per heavy atom. The van der Waals surface area contributed by atoms with Crippen LogP contribution in [0.5, 0.6) is 5.88 Å². The Balaban J connectivity index is 3.17. The minimum absolute atomic E-state index is 0.317. The normalized spacial score (nSPS) is 10.1. The summed E-state index contributed by atoms with van der Waals surface area (Å²) in [5.74, 6) is 0.339. The van der Waals surface area contributed by atoms with Crippen LogP contribution in [0.25, 0.3) is 0 Å². The predicted molar refractivity (Wildman–Crippen MR) is 48.8 cm³/mol. The fraction of sp³-hybridized carbons (Fsp3) is 0.500. The van der Waals surface area contributed by atoms with E-state index < -0.39 is 0 Å². The van der Waals surface area contributed by atoms with Gasteiger partial charge in [-0.05, 0) is 6.54 Å². The van der Waals surface area contributed by atoms with Crippen LogP contribution >= 0.6 is 0 Å². The summed E-state index contributed by atoms with van der Waals surface area (Å²) in [4.78, 5) is 14.9. The first kappa shape index (κ1) is 9.73. The minimum atomic E-state index is -0.317. The Morgan fingerprint density at radius 2 is 2.38 bits per heavy atom. The van der Waals surface area contributed by atoms with Crippen molar-refractivity contribution in [1.29, 1.82) is 0 Å². The highest BCUT2D eigenvalue weighted by molar-refractivity contribution is 5.14. The van der Waals surface area contributed by atoms with Crippen LogP contribution in [0.15, 0.2) is 10.9 Å². The van der Waals surface area contributed by atoms with Crippen LogP contribution in [-0.2, 0) is 13.5 Å². The molecule has 0 amide bonds. The van der Waals surface area contributed by atoms with Crippen molar-refractivity contribution in [2.24, 2.45) is 12.8 Å². The van der Waals surface area contributed by atoms with E-state index in [-0.39, 0.29) is 5.69 Å². The molecule has 1 aromatic rings. The van der Waals surface area contributed by atoms with E-state index in [1.807, 2.05) is 0 Å². The summed E-state index contributed by atoms with van der Waals surface area (Å²) in [6, 6.07) is 1.72. The van der Waals surface area contributed by atoms with Crippen molar-refractivity contribution in [3.05, 3.63) is 22.2 Å². The molecule has 0 unspecified atom stereocenters. The van der Waals surface area contributed by atoms with Crippen LogP contribution < -0.4 is 16.2 Å². The molecule has 0 spiro atoms. The Kier molecular flexibility index (Phi) is 3.02. The Morgan fingerprint density at radius 1 is 1.69 bits per heavy atom. The molecule has 0 saturated carbocycles.